The molecule has 0 aliphatic carbocycles. The normalized spacial score (nSPS) is 12.3. The average molecular weight is 484 g/mol. The molecule has 0 spiro atoms. The maximum Gasteiger partial charge on any atom is 0.248 e. The topological polar surface area (TPSA) is 88.6 Å². The van der Waals surface area contributed by atoms with E-state index in [0.717, 1.165) is 10.9 Å². The first-order chi connectivity index (χ1) is 16.4. The second-order valence-corrected chi connectivity index (χ2v) is 8.31. The predicted octanol–water partition coefficient (Wildman–Crippen LogP) is 4.54. The van der Waals surface area contributed by atoms with Crippen LogP contribution in [0.15, 0.2) is 54.9 Å². The minimum atomic E-state index is -0.244. The Labute approximate surface area is 204 Å². The molecule has 0 saturated carbocycles. The lowest BCUT2D eigenvalue weighted by molar-refractivity contribution is -0.111. The summed E-state index contributed by atoms with van der Waals surface area (Å²) in [5, 5.41) is 7.77. The number of nitrogens with zero attached hydrogens (tertiary/aromatic N) is 3. The van der Waals surface area contributed by atoms with Crippen LogP contribution in [-0.4, -0.2) is 61.7 Å². The molecule has 0 saturated heterocycles. The van der Waals surface area contributed by atoms with Crippen LogP contribution in [0.5, 0.6) is 5.75 Å². The van der Waals surface area contributed by atoms with E-state index in [1.807, 2.05) is 56.3 Å². The number of fused-ring (bicyclic) bond motifs is 1. The molecule has 0 aliphatic heterocycles. The molecule has 34 heavy (non-hydrogen) atoms. The third-order valence-electron chi connectivity index (χ3n) is 4.95. The zero-order valence-corrected chi connectivity index (χ0v) is 20.6. The molecule has 0 bridgehead atoms. The van der Waals surface area contributed by atoms with Gasteiger partial charge in [0.15, 0.2) is 0 Å². The van der Waals surface area contributed by atoms with E-state index in [1.165, 1.54) is 12.4 Å². The molecule has 3 aromatic rings. The van der Waals surface area contributed by atoms with Gasteiger partial charge in [-0.2, -0.15) is 0 Å². The van der Waals surface area contributed by atoms with Gasteiger partial charge in [0.05, 0.1) is 30.5 Å². The quantitative estimate of drug-likeness (QED) is 0.387. The summed E-state index contributed by atoms with van der Waals surface area (Å²) < 4.78 is 11.2. The highest BCUT2D eigenvalue weighted by molar-refractivity contribution is 6.30. The van der Waals surface area contributed by atoms with E-state index in [2.05, 4.69) is 20.6 Å². The summed E-state index contributed by atoms with van der Waals surface area (Å²) in [5.41, 5.74) is 2.24. The van der Waals surface area contributed by atoms with Gasteiger partial charge < -0.3 is 25.0 Å². The fourth-order valence-corrected chi connectivity index (χ4v) is 3.49. The molecule has 0 aliphatic rings. The Kier molecular flexibility index (Phi) is 9.21. The van der Waals surface area contributed by atoms with Gasteiger partial charge in [-0.15, -0.1) is 0 Å². The number of nitrogens with one attached hydrogen (secondary N) is 2. The first-order valence-electron chi connectivity index (χ1n) is 11.0. The summed E-state index contributed by atoms with van der Waals surface area (Å²) in [6.45, 7) is 3.43. The Hall–Kier alpha value is -3.20. The van der Waals surface area contributed by atoms with E-state index in [9.17, 15) is 4.79 Å². The van der Waals surface area contributed by atoms with Crippen LogP contribution in [0.2, 0.25) is 5.02 Å². The SMILES string of the molecule is CCOc1cc2ncnc(NC(COC)c3ccc(Cl)cc3)c2cc1NC(=O)C=CCN(C)C. The Morgan fingerprint density at radius 2 is 1.97 bits per heavy atom. The number of amides is 1. The van der Waals surface area contributed by atoms with E-state index >= 15 is 0 Å². The van der Waals surface area contributed by atoms with Crippen molar-refractivity contribution in [1.29, 1.82) is 0 Å². The Bertz CT molecular complexity index is 1140. The Balaban J connectivity index is 1.96. The van der Waals surface area contributed by atoms with Crippen LogP contribution in [0, 0.1) is 0 Å². The summed E-state index contributed by atoms with van der Waals surface area (Å²) in [6, 6.07) is 11.0. The maximum absolute atomic E-state index is 12.5. The van der Waals surface area contributed by atoms with Crippen LogP contribution in [0.4, 0.5) is 11.5 Å². The van der Waals surface area contributed by atoms with Crippen molar-refractivity contribution in [2.45, 2.75) is 13.0 Å². The third kappa shape index (κ3) is 6.90. The van der Waals surface area contributed by atoms with Gasteiger partial charge in [-0.25, -0.2) is 9.97 Å². The molecule has 1 aromatic heterocycles. The molecule has 1 unspecified atom stereocenters. The molecule has 0 radical (unpaired) electrons. The number of likely N-dealkylation sites (N-methyl/N-ethyl adjacent to an activating group) is 1. The molecule has 2 N–H and O–H groups in total. The molecule has 1 atom stereocenters. The van der Waals surface area contributed by atoms with Crippen LogP contribution in [0.1, 0.15) is 18.5 Å². The molecule has 3 rings (SSSR count). The number of benzene rings is 2. The van der Waals surface area contributed by atoms with E-state index in [0.29, 0.717) is 47.6 Å². The van der Waals surface area contributed by atoms with Crippen molar-refractivity contribution in [2.75, 3.05) is 51.6 Å². The van der Waals surface area contributed by atoms with Crippen molar-refractivity contribution in [3.63, 3.8) is 0 Å². The molecule has 1 heterocycles. The number of aromatic nitrogens is 2. The fourth-order valence-electron chi connectivity index (χ4n) is 3.36. The van der Waals surface area contributed by atoms with Gasteiger partial charge in [-0.05, 0) is 44.8 Å². The zero-order valence-electron chi connectivity index (χ0n) is 19.8. The number of halogens is 1. The summed E-state index contributed by atoms with van der Waals surface area (Å²) in [4.78, 5) is 23.3. The van der Waals surface area contributed by atoms with Crippen LogP contribution < -0.4 is 15.4 Å². The van der Waals surface area contributed by atoms with Crippen molar-refractivity contribution < 1.29 is 14.3 Å². The van der Waals surface area contributed by atoms with Crippen LogP contribution in [0.25, 0.3) is 10.9 Å². The molecule has 1 amide bonds. The fraction of sp³-hybridized carbons (Fsp3) is 0.320. The largest absolute Gasteiger partial charge is 0.492 e. The predicted molar refractivity (Wildman–Crippen MR) is 137 cm³/mol. The summed E-state index contributed by atoms with van der Waals surface area (Å²) >= 11 is 6.05. The number of ether oxygens (including phenoxy) is 2. The van der Waals surface area contributed by atoms with Crippen molar-refractivity contribution in [1.82, 2.24) is 14.9 Å². The summed E-state index contributed by atoms with van der Waals surface area (Å²) in [7, 11) is 5.52. The van der Waals surface area contributed by atoms with E-state index in [4.69, 9.17) is 21.1 Å². The van der Waals surface area contributed by atoms with Gasteiger partial charge in [0.1, 0.15) is 17.9 Å². The molecule has 9 heteroatoms. The van der Waals surface area contributed by atoms with E-state index in [1.54, 1.807) is 19.3 Å². The smallest absolute Gasteiger partial charge is 0.248 e. The summed E-state index contributed by atoms with van der Waals surface area (Å²) in [5.74, 6) is 0.913. The highest BCUT2D eigenvalue weighted by Crippen LogP contribution is 2.33. The Morgan fingerprint density at radius 1 is 1.21 bits per heavy atom. The standard InChI is InChI=1S/C25H30ClN5O3/c1-5-34-23-14-20-19(13-21(23)29-24(32)7-6-12-31(2)3)25(28-16-27-20)30-22(15-33-4)17-8-10-18(26)11-9-17/h6-11,13-14,16,22H,5,12,15H2,1-4H3,(H,29,32)(H,27,28,30). The van der Waals surface area contributed by atoms with Gasteiger partial charge in [-0.3, -0.25) is 4.79 Å². The van der Waals surface area contributed by atoms with Crippen molar-refractivity contribution >= 4 is 39.9 Å². The summed E-state index contributed by atoms with van der Waals surface area (Å²) in [6.07, 6.45) is 4.80. The van der Waals surface area contributed by atoms with Gasteiger partial charge in [0.2, 0.25) is 5.91 Å². The van der Waals surface area contributed by atoms with E-state index < -0.39 is 0 Å². The van der Waals surface area contributed by atoms with Crippen LogP contribution in [-0.2, 0) is 9.53 Å². The van der Waals surface area contributed by atoms with Crippen molar-refractivity contribution in [3.05, 3.63) is 65.5 Å². The molecule has 2 aromatic carbocycles. The molecule has 0 fully saturated rings. The maximum atomic E-state index is 12.5. The second kappa shape index (κ2) is 12.3. The number of carbonyl (C=O) groups excluding carboxylic acids is 1. The second-order valence-electron chi connectivity index (χ2n) is 7.88. The minimum absolute atomic E-state index is 0.168. The lowest BCUT2D eigenvalue weighted by atomic mass is 10.1. The molecule has 8 nitrogen and oxygen atoms in total. The number of anilines is 2. The Morgan fingerprint density at radius 3 is 2.65 bits per heavy atom. The first-order valence-corrected chi connectivity index (χ1v) is 11.3. The monoisotopic (exact) mass is 483 g/mol. The molecule has 180 valence electrons. The van der Waals surface area contributed by atoms with Crippen molar-refractivity contribution in [3.8, 4) is 5.75 Å². The van der Waals surface area contributed by atoms with Crippen molar-refractivity contribution in [2.24, 2.45) is 0 Å². The highest BCUT2D eigenvalue weighted by Gasteiger charge is 2.17. The van der Waals surface area contributed by atoms with Gasteiger partial charge in [0, 0.05) is 36.2 Å². The highest BCUT2D eigenvalue weighted by atomic mass is 35.5. The van der Waals surface area contributed by atoms with Gasteiger partial charge in [0.25, 0.3) is 0 Å². The lowest BCUT2D eigenvalue weighted by Gasteiger charge is -2.20. The number of rotatable bonds is 11. The lowest BCUT2D eigenvalue weighted by Crippen LogP contribution is -2.17. The minimum Gasteiger partial charge on any atom is -0.492 e. The third-order valence-corrected chi connectivity index (χ3v) is 5.20. The number of hydrogen-bond donors (Lipinski definition) is 2. The number of methoxy groups -OCH3 is 1. The first kappa shape index (κ1) is 25.4. The molecular weight excluding hydrogens is 454 g/mol. The van der Waals surface area contributed by atoms with Crippen LogP contribution in [0.3, 0.4) is 0 Å². The van der Waals surface area contributed by atoms with Crippen LogP contribution >= 0.6 is 11.6 Å². The number of hydrogen-bond acceptors (Lipinski definition) is 7. The van der Waals surface area contributed by atoms with E-state index in [-0.39, 0.29) is 11.9 Å². The van der Waals surface area contributed by atoms with Gasteiger partial charge in [-0.1, -0.05) is 29.8 Å². The number of carbonyl (C=O) groups is 1. The molecular formula is C25H30ClN5O3. The average Bonchev–Trinajstić information content (AvgIpc) is 2.80. The zero-order chi connectivity index (χ0) is 24.5. The van der Waals surface area contributed by atoms with Gasteiger partial charge >= 0.3 is 0 Å².